The van der Waals surface area contributed by atoms with Gasteiger partial charge in [-0.15, -0.1) is 6.58 Å². The second-order valence-corrected chi connectivity index (χ2v) is 4.16. The van der Waals surface area contributed by atoms with E-state index in [-0.39, 0.29) is 11.3 Å². The summed E-state index contributed by atoms with van der Waals surface area (Å²) >= 11 is 0. The molecule has 0 unspecified atom stereocenters. The van der Waals surface area contributed by atoms with Crippen molar-refractivity contribution in [2.45, 2.75) is 38.6 Å². The minimum Gasteiger partial charge on any atom is -0.480 e. The van der Waals surface area contributed by atoms with Gasteiger partial charge >= 0.3 is 5.97 Å². The molecule has 0 aliphatic heterocycles. The Balaban J connectivity index is 2.58. The Labute approximate surface area is 89.4 Å². The molecule has 0 aromatic heterocycles. The maximum absolute atomic E-state index is 11.8. The number of amides is 1. The Morgan fingerprint density at radius 3 is 2.53 bits per heavy atom. The van der Waals surface area contributed by atoms with E-state index in [4.69, 9.17) is 5.11 Å². The number of nitrogens with one attached hydrogen (secondary N) is 1. The van der Waals surface area contributed by atoms with Crippen molar-refractivity contribution in [3.05, 3.63) is 12.7 Å². The van der Waals surface area contributed by atoms with Crippen molar-refractivity contribution in [2.75, 3.05) is 0 Å². The van der Waals surface area contributed by atoms with Crippen molar-refractivity contribution in [1.82, 2.24) is 5.32 Å². The normalized spacial score (nSPS) is 19.8. The van der Waals surface area contributed by atoms with Gasteiger partial charge in [0.15, 0.2) is 0 Å². The molecule has 4 nitrogen and oxygen atoms in total. The standard InChI is InChI=1S/C11H17NO3/c1-3-5-11(6-4-7-11)10(15)12-8(2)9(13)14/h3,8H,1,4-7H2,2H3,(H,12,15)(H,13,14)/t8-/m1/s1. The van der Waals surface area contributed by atoms with Crippen LogP contribution in [0.3, 0.4) is 0 Å². The minimum atomic E-state index is -1.00. The monoisotopic (exact) mass is 211 g/mol. The average Bonchev–Trinajstić information content (AvgIpc) is 2.10. The molecule has 4 heteroatoms. The molecule has 0 bridgehead atoms. The zero-order chi connectivity index (χ0) is 11.5. The molecule has 0 aromatic rings. The van der Waals surface area contributed by atoms with Crippen molar-refractivity contribution in [3.8, 4) is 0 Å². The van der Waals surface area contributed by atoms with E-state index in [1.54, 1.807) is 6.08 Å². The summed E-state index contributed by atoms with van der Waals surface area (Å²) < 4.78 is 0. The largest absolute Gasteiger partial charge is 0.480 e. The first-order chi connectivity index (χ1) is 7.02. The summed E-state index contributed by atoms with van der Waals surface area (Å²) in [7, 11) is 0. The Morgan fingerprint density at radius 2 is 2.20 bits per heavy atom. The SMILES string of the molecule is C=CCC1(C(=O)N[C@H](C)C(=O)O)CCC1. The fourth-order valence-electron chi connectivity index (χ4n) is 1.82. The van der Waals surface area contributed by atoms with Crippen LogP contribution in [0.4, 0.5) is 0 Å². The van der Waals surface area contributed by atoms with E-state index in [1.165, 1.54) is 6.92 Å². The number of carbonyl (C=O) groups is 2. The van der Waals surface area contributed by atoms with Crippen molar-refractivity contribution < 1.29 is 14.7 Å². The van der Waals surface area contributed by atoms with E-state index in [2.05, 4.69) is 11.9 Å². The zero-order valence-electron chi connectivity index (χ0n) is 8.95. The average molecular weight is 211 g/mol. The lowest BCUT2D eigenvalue weighted by molar-refractivity contribution is -0.145. The summed E-state index contributed by atoms with van der Waals surface area (Å²) in [5.41, 5.74) is -0.383. The van der Waals surface area contributed by atoms with Crippen LogP contribution in [0.15, 0.2) is 12.7 Å². The molecule has 15 heavy (non-hydrogen) atoms. The van der Waals surface area contributed by atoms with Crippen LogP contribution in [0.5, 0.6) is 0 Å². The topological polar surface area (TPSA) is 66.4 Å². The van der Waals surface area contributed by atoms with Crippen LogP contribution in [-0.2, 0) is 9.59 Å². The lowest BCUT2D eigenvalue weighted by Crippen LogP contribution is -2.50. The van der Waals surface area contributed by atoms with Gasteiger partial charge in [0.25, 0.3) is 0 Å². The van der Waals surface area contributed by atoms with Crippen LogP contribution in [0, 0.1) is 5.41 Å². The van der Waals surface area contributed by atoms with Crippen molar-refractivity contribution >= 4 is 11.9 Å². The maximum atomic E-state index is 11.8. The van der Waals surface area contributed by atoms with Crippen LogP contribution in [0.1, 0.15) is 32.6 Å². The number of hydrogen-bond acceptors (Lipinski definition) is 2. The van der Waals surface area contributed by atoms with Gasteiger partial charge in [0.1, 0.15) is 6.04 Å². The second-order valence-electron chi connectivity index (χ2n) is 4.16. The van der Waals surface area contributed by atoms with Crippen LogP contribution in [-0.4, -0.2) is 23.0 Å². The second kappa shape index (κ2) is 4.47. The molecule has 2 N–H and O–H groups in total. The van der Waals surface area contributed by atoms with E-state index in [0.29, 0.717) is 6.42 Å². The van der Waals surface area contributed by atoms with Crippen LogP contribution >= 0.6 is 0 Å². The Kier molecular flexibility index (Phi) is 3.50. The van der Waals surface area contributed by atoms with Gasteiger partial charge in [0, 0.05) is 0 Å². The highest BCUT2D eigenvalue weighted by atomic mass is 16.4. The van der Waals surface area contributed by atoms with Gasteiger partial charge in [-0.2, -0.15) is 0 Å². The Morgan fingerprint density at radius 1 is 1.60 bits per heavy atom. The highest BCUT2D eigenvalue weighted by molar-refractivity contribution is 5.88. The summed E-state index contributed by atoms with van der Waals surface area (Å²) in [6.45, 7) is 5.10. The van der Waals surface area contributed by atoms with Crippen molar-refractivity contribution in [1.29, 1.82) is 0 Å². The molecule has 0 aromatic carbocycles. The minimum absolute atomic E-state index is 0.149. The van der Waals surface area contributed by atoms with Gasteiger partial charge in [-0.25, -0.2) is 0 Å². The van der Waals surface area contributed by atoms with Gasteiger partial charge in [0.05, 0.1) is 5.41 Å². The molecular weight excluding hydrogens is 194 g/mol. The van der Waals surface area contributed by atoms with E-state index in [1.807, 2.05) is 0 Å². The van der Waals surface area contributed by atoms with E-state index in [9.17, 15) is 9.59 Å². The molecule has 0 saturated heterocycles. The zero-order valence-corrected chi connectivity index (χ0v) is 8.95. The van der Waals surface area contributed by atoms with Gasteiger partial charge in [-0.05, 0) is 26.2 Å². The van der Waals surface area contributed by atoms with Crippen molar-refractivity contribution in [2.24, 2.45) is 5.41 Å². The smallest absolute Gasteiger partial charge is 0.325 e. The first kappa shape index (κ1) is 11.8. The number of hydrogen-bond donors (Lipinski definition) is 2. The molecule has 1 aliphatic rings. The highest BCUT2D eigenvalue weighted by Crippen LogP contribution is 2.44. The first-order valence-electron chi connectivity index (χ1n) is 5.16. The predicted octanol–water partition coefficient (Wildman–Crippen LogP) is 1.32. The first-order valence-corrected chi connectivity index (χ1v) is 5.16. The third kappa shape index (κ3) is 2.37. The highest BCUT2D eigenvalue weighted by Gasteiger charge is 2.43. The molecule has 0 spiro atoms. The van der Waals surface area contributed by atoms with Gasteiger partial charge in [0.2, 0.25) is 5.91 Å². The molecule has 1 aliphatic carbocycles. The predicted molar refractivity (Wildman–Crippen MR) is 56.3 cm³/mol. The van der Waals surface area contributed by atoms with Gasteiger partial charge in [-0.1, -0.05) is 12.5 Å². The number of carbonyl (C=O) groups excluding carboxylic acids is 1. The molecule has 1 saturated carbocycles. The number of allylic oxidation sites excluding steroid dienone is 1. The van der Waals surface area contributed by atoms with Gasteiger partial charge < -0.3 is 10.4 Å². The third-order valence-corrected chi connectivity index (χ3v) is 3.05. The van der Waals surface area contributed by atoms with Crippen molar-refractivity contribution in [3.63, 3.8) is 0 Å². The number of carboxylic acids is 1. The summed E-state index contributed by atoms with van der Waals surface area (Å²) in [5.74, 6) is -1.15. The number of carboxylic acid groups (broad SMARTS) is 1. The number of aliphatic carboxylic acids is 1. The maximum Gasteiger partial charge on any atom is 0.325 e. The fraction of sp³-hybridized carbons (Fsp3) is 0.636. The molecule has 0 heterocycles. The fourth-order valence-corrected chi connectivity index (χ4v) is 1.82. The quantitative estimate of drug-likeness (QED) is 0.674. The molecule has 1 amide bonds. The molecule has 0 radical (unpaired) electrons. The summed E-state index contributed by atoms with van der Waals surface area (Å²) in [6.07, 6.45) is 5.05. The molecular formula is C11H17NO3. The molecule has 84 valence electrons. The third-order valence-electron chi connectivity index (χ3n) is 3.05. The lowest BCUT2D eigenvalue weighted by Gasteiger charge is -2.40. The van der Waals surface area contributed by atoms with Crippen LogP contribution in [0.25, 0.3) is 0 Å². The molecule has 1 fully saturated rings. The van der Waals surface area contributed by atoms with E-state index in [0.717, 1.165) is 19.3 Å². The Bertz CT molecular complexity index is 282. The van der Waals surface area contributed by atoms with Crippen LogP contribution in [0.2, 0.25) is 0 Å². The molecule has 1 atom stereocenters. The summed E-state index contributed by atoms with van der Waals surface area (Å²) in [6, 6.07) is -0.820. The summed E-state index contributed by atoms with van der Waals surface area (Å²) in [4.78, 5) is 22.4. The Hall–Kier alpha value is -1.32. The van der Waals surface area contributed by atoms with Crippen LogP contribution < -0.4 is 5.32 Å². The lowest BCUT2D eigenvalue weighted by atomic mass is 9.66. The molecule has 1 rings (SSSR count). The van der Waals surface area contributed by atoms with Gasteiger partial charge in [-0.3, -0.25) is 9.59 Å². The summed E-state index contributed by atoms with van der Waals surface area (Å²) in [5, 5.41) is 11.2. The number of rotatable bonds is 5. The van der Waals surface area contributed by atoms with E-state index < -0.39 is 12.0 Å². The van der Waals surface area contributed by atoms with E-state index >= 15 is 0 Å².